The van der Waals surface area contributed by atoms with Gasteiger partial charge >= 0.3 is 0 Å². The quantitative estimate of drug-likeness (QED) is 0.760. The maximum Gasteiger partial charge on any atom is 0.224 e. The van der Waals surface area contributed by atoms with Gasteiger partial charge in [0, 0.05) is 16.6 Å². The van der Waals surface area contributed by atoms with Crippen molar-refractivity contribution in [2.45, 2.75) is 39.0 Å². The number of nitrogens with two attached hydrogens (primary N) is 1. The lowest BCUT2D eigenvalue weighted by atomic mass is 9.94. The third-order valence-electron chi connectivity index (χ3n) is 3.16. The van der Waals surface area contributed by atoms with Crippen molar-refractivity contribution >= 4 is 27.5 Å². The smallest absolute Gasteiger partial charge is 0.224 e. The van der Waals surface area contributed by atoms with Gasteiger partial charge in [-0.2, -0.15) is 0 Å². The SMILES string of the molecule is CCCC(CCN)CCC(=O)Nc1cccc(Br)c1. The van der Waals surface area contributed by atoms with E-state index in [0.717, 1.165) is 35.8 Å². The Kier molecular flexibility index (Phi) is 7.75. The van der Waals surface area contributed by atoms with Gasteiger partial charge in [0.1, 0.15) is 0 Å². The molecule has 0 spiro atoms. The molecule has 1 aromatic carbocycles. The molecular weight excluding hydrogens is 304 g/mol. The first-order chi connectivity index (χ1) is 9.15. The van der Waals surface area contributed by atoms with Crippen molar-refractivity contribution in [3.8, 4) is 0 Å². The lowest BCUT2D eigenvalue weighted by Gasteiger charge is -2.14. The Morgan fingerprint density at radius 2 is 2.16 bits per heavy atom. The summed E-state index contributed by atoms with van der Waals surface area (Å²) in [5, 5.41) is 2.92. The van der Waals surface area contributed by atoms with Crippen LogP contribution in [-0.2, 0) is 4.79 Å². The monoisotopic (exact) mass is 326 g/mol. The molecule has 0 aliphatic carbocycles. The molecule has 0 saturated heterocycles. The number of nitrogens with one attached hydrogen (secondary N) is 1. The molecule has 1 aromatic rings. The van der Waals surface area contributed by atoms with E-state index in [9.17, 15) is 4.79 Å². The normalized spacial score (nSPS) is 12.2. The van der Waals surface area contributed by atoms with Crippen molar-refractivity contribution in [3.63, 3.8) is 0 Å². The van der Waals surface area contributed by atoms with Crippen LogP contribution in [0.2, 0.25) is 0 Å². The molecule has 0 heterocycles. The Morgan fingerprint density at radius 1 is 1.37 bits per heavy atom. The van der Waals surface area contributed by atoms with E-state index in [2.05, 4.69) is 28.2 Å². The highest BCUT2D eigenvalue weighted by molar-refractivity contribution is 9.10. The topological polar surface area (TPSA) is 55.1 Å². The van der Waals surface area contributed by atoms with Crippen molar-refractivity contribution in [2.24, 2.45) is 11.7 Å². The number of hydrogen-bond donors (Lipinski definition) is 2. The first-order valence-electron chi connectivity index (χ1n) is 6.91. The Labute approximate surface area is 124 Å². The van der Waals surface area contributed by atoms with Crippen LogP contribution in [0.4, 0.5) is 5.69 Å². The summed E-state index contributed by atoms with van der Waals surface area (Å²) >= 11 is 3.39. The summed E-state index contributed by atoms with van der Waals surface area (Å²) in [6.45, 7) is 2.88. The average molecular weight is 327 g/mol. The fourth-order valence-corrected chi connectivity index (χ4v) is 2.60. The van der Waals surface area contributed by atoms with Crippen LogP contribution < -0.4 is 11.1 Å². The molecule has 0 aromatic heterocycles. The van der Waals surface area contributed by atoms with E-state index in [1.807, 2.05) is 24.3 Å². The third-order valence-corrected chi connectivity index (χ3v) is 3.65. The summed E-state index contributed by atoms with van der Waals surface area (Å²) < 4.78 is 0.970. The van der Waals surface area contributed by atoms with E-state index in [-0.39, 0.29) is 5.91 Å². The molecule has 4 heteroatoms. The third kappa shape index (κ3) is 6.73. The highest BCUT2D eigenvalue weighted by Gasteiger charge is 2.10. The summed E-state index contributed by atoms with van der Waals surface area (Å²) in [4.78, 5) is 11.9. The molecule has 19 heavy (non-hydrogen) atoms. The minimum absolute atomic E-state index is 0.0798. The largest absolute Gasteiger partial charge is 0.330 e. The first kappa shape index (κ1) is 16.2. The van der Waals surface area contributed by atoms with Gasteiger partial charge < -0.3 is 11.1 Å². The van der Waals surface area contributed by atoms with Crippen LogP contribution in [-0.4, -0.2) is 12.5 Å². The van der Waals surface area contributed by atoms with Gasteiger partial charge in [0.05, 0.1) is 0 Å². The molecule has 0 radical (unpaired) electrons. The fourth-order valence-electron chi connectivity index (χ4n) is 2.20. The number of benzene rings is 1. The van der Waals surface area contributed by atoms with Crippen LogP contribution in [0, 0.1) is 5.92 Å². The number of halogens is 1. The molecule has 0 bridgehead atoms. The first-order valence-corrected chi connectivity index (χ1v) is 7.70. The highest BCUT2D eigenvalue weighted by Crippen LogP contribution is 2.19. The van der Waals surface area contributed by atoms with Gasteiger partial charge in [0.2, 0.25) is 5.91 Å². The lowest BCUT2D eigenvalue weighted by Crippen LogP contribution is -2.15. The second-order valence-electron chi connectivity index (χ2n) is 4.83. The Bertz CT molecular complexity index is 389. The summed E-state index contributed by atoms with van der Waals surface area (Å²) in [5.74, 6) is 0.652. The summed E-state index contributed by atoms with van der Waals surface area (Å²) in [6.07, 6.45) is 4.80. The summed E-state index contributed by atoms with van der Waals surface area (Å²) in [7, 11) is 0. The van der Waals surface area contributed by atoms with Crippen molar-refractivity contribution in [1.82, 2.24) is 0 Å². The fraction of sp³-hybridized carbons (Fsp3) is 0.533. The van der Waals surface area contributed by atoms with Crippen molar-refractivity contribution in [3.05, 3.63) is 28.7 Å². The molecule has 1 atom stereocenters. The van der Waals surface area contributed by atoms with Gasteiger partial charge in [-0.25, -0.2) is 0 Å². The van der Waals surface area contributed by atoms with E-state index < -0.39 is 0 Å². The van der Waals surface area contributed by atoms with Crippen molar-refractivity contribution in [2.75, 3.05) is 11.9 Å². The van der Waals surface area contributed by atoms with E-state index in [4.69, 9.17) is 5.73 Å². The molecule has 0 saturated carbocycles. The van der Waals surface area contributed by atoms with Crippen LogP contribution in [0.15, 0.2) is 28.7 Å². The van der Waals surface area contributed by atoms with E-state index in [1.165, 1.54) is 0 Å². The Hall–Kier alpha value is -0.870. The predicted molar refractivity (Wildman–Crippen MR) is 84.1 cm³/mol. The van der Waals surface area contributed by atoms with Gasteiger partial charge in [-0.3, -0.25) is 4.79 Å². The van der Waals surface area contributed by atoms with Gasteiger partial charge in [-0.1, -0.05) is 41.8 Å². The molecule has 1 unspecified atom stereocenters. The molecule has 1 amide bonds. The Balaban J connectivity index is 2.38. The number of hydrogen-bond acceptors (Lipinski definition) is 2. The van der Waals surface area contributed by atoms with Crippen LogP contribution in [0.25, 0.3) is 0 Å². The maximum atomic E-state index is 11.9. The lowest BCUT2D eigenvalue weighted by molar-refractivity contribution is -0.116. The minimum atomic E-state index is 0.0798. The second-order valence-corrected chi connectivity index (χ2v) is 5.74. The standard InChI is InChI=1S/C15H23BrN2O/c1-2-4-12(9-10-17)7-8-15(19)18-14-6-3-5-13(16)11-14/h3,5-6,11-12H,2,4,7-10,17H2,1H3,(H,18,19). The van der Waals surface area contributed by atoms with Crippen LogP contribution in [0.3, 0.4) is 0 Å². The molecular formula is C15H23BrN2O. The minimum Gasteiger partial charge on any atom is -0.330 e. The number of carbonyl (C=O) groups excluding carboxylic acids is 1. The average Bonchev–Trinajstić information content (AvgIpc) is 2.36. The predicted octanol–water partition coefficient (Wildman–Crippen LogP) is 3.93. The zero-order chi connectivity index (χ0) is 14.1. The van der Waals surface area contributed by atoms with E-state index >= 15 is 0 Å². The maximum absolute atomic E-state index is 11.9. The molecule has 0 aliphatic rings. The van der Waals surface area contributed by atoms with Gasteiger partial charge in [-0.15, -0.1) is 0 Å². The van der Waals surface area contributed by atoms with Crippen LogP contribution in [0.1, 0.15) is 39.0 Å². The zero-order valence-corrected chi connectivity index (χ0v) is 13.1. The van der Waals surface area contributed by atoms with Crippen LogP contribution in [0.5, 0.6) is 0 Å². The number of carbonyl (C=O) groups is 1. The Morgan fingerprint density at radius 3 is 2.79 bits per heavy atom. The molecule has 0 aliphatic heterocycles. The molecule has 3 N–H and O–H groups in total. The van der Waals surface area contributed by atoms with Gasteiger partial charge in [-0.05, 0) is 43.5 Å². The van der Waals surface area contributed by atoms with Gasteiger partial charge in [0.15, 0.2) is 0 Å². The van der Waals surface area contributed by atoms with E-state index in [1.54, 1.807) is 0 Å². The summed E-state index contributed by atoms with van der Waals surface area (Å²) in [6, 6.07) is 7.65. The number of rotatable bonds is 8. The highest BCUT2D eigenvalue weighted by atomic mass is 79.9. The van der Waals surface area contributed by atoms with Gasteiger partial charge in [0.25, 0.3) is 0 Å². The number of amides is 1. The summed E-state index contributed by atoms with van der Waals surface area (Å²) in [5.41, 5.74) is 6.44. The van der Waals surface area contributed by atoms with Crippen LogP contribution >= 0.6 is 15.9 Å². The molecule has 0 fully saturated rings. The molecule has 3 nitrogen and oxygen atoms in total. The molecule has 1 rings (SSSR count). The van der Waals surface area contributed by atoms with Crippen molar-refractivity contribution < 1.29 is 4.79 Å². The van der Waals surface area contributed by atoms with E-state index in [0.29, 0.717) is 18.9 Å². The molecule has 106 valence electrons. The second kappa shape index (κ2) is 9.10. The van der Waals surface area contributed by atoms with Crippen molar-refractivity contribution in [1.29, 1.82) is 0 Å². The zero-order valence-electron chi connectivity index (χ0n) is 11.5. The number of anilines is 1.